The summed E-state index contributed by atoms with van der Waals surface area (Å²) in [4.78, 5) is 35.0. The van der Waals surface area contributed by atoms with E-state index < -0.39 is 0 Å². The fourth-order valence-corrected chi connectivity index (χ4v) is 4.82. The number of likely N-dealkylation sites (tertiary alicyclic amines) is 1. The molecular weight excluding hydrogens is 445 g/mol. The zero-order valence-corrected chi connectivity index (χ0v) is 20.1. The van der Waals surface area contributed by atoms with Crippen LogP contribution in [0.15, 0.2) is 48.8 Å². The van der Waals surface area contributed by atoms with Crippen molar-refractivity contribution >= 4 is 22.7 Å². The first kappa shape index (κ1) is 24.9. The normalized spacial score (nSPS) is 14.8. The summed E-state index contributed by atoms with van der Waals surface area (Å²) in [6, 6.07) is 11.5. The van der Waals surface area contributed by atoms with Crippen molar-refractivity contribution in [3.8, 4) is 0 Å². The molecule has 186 valence electrons. The van der Waals surface area contributed by atoms with E-state index in [0.717, 1.165) is 60.1 Å². The number of urea groups is 1. The molecule has 0 unspecified atom stereocenters. The number of hydrogen-bond acceptors (Lipinski definition) is 4. The van der Waals surface area contributed by atoms with Crippen LogP contribution in [0.1, 0.15) is 59.6 Å². The van der Waals surface area contributed by atoms with Gasteiger partial charge in [0.25, 0.3) is 0 Å². The molecule has 4 rings (SSSR count). The zero-order valence-electron chi connectivity index (χ0n) is 20.1. The summed E-state index contributed by atoms with van der Waals surface area (Å²) in [6.45, 7) is 2.81. The number of aromatic nitrogens is 2. The van der Waals surface area contributed by atoms with Crippen molar-refractivity contribution in [1.82, 2.24) is 25.5 Å². The number of para-hydroxylation sites is 1. The summed E-state index contributed by atoms with van der Waals surface area (Å²) in [5.74, 6) is 0.423. The number of carbonyl (C=O) groups is 2. The number of rotatable bonds is 11. The van der Waals surface area contributed by atoms with Crippen LogP contribution in [0.2, 0.25) is 0 Å². The van der Waals surface area contributed by atoms with Gasteiger partial charge in [-0.25, -0.2) is 9.18 Å². The van der Waals surface area contributed by atoms with Gasteiger partial charge in [0, 0.05) is 66.5 Å². The molecule has 1 fully saturated rings. The number of nitrogens with one attached hydrogen (secondary N) is 3. The lowest BCUT2D eigenvalue weighted by atomic mass is 9.89. The predicted octanol–water partition coefficient (Wildman–Crippen LogP) is 4.56. The van der Waals surface area contributed by atoms with Crippen molar-refractivity contribution in [3.63, 3.8) is 0 Å². The van der Waals surface area contributed by atoms with E-state index in [0.29, 0.717) is 32.5 Å². The van der Waals surface area contributed by atoms with Crippen molar-refractivity contribution in [3.05, 3.63) is 65.6 Å². The molecule has 3 heterocycles. The lowest BCUT2D eigenvalue weighted by molar-refractivity contribution is 0.0979. The lowest BCUT2D eigenvalue weighted by Crippen LogP contribution is -2.35. The number of amides is 2. The maximum Gasteiger partial charge on any atom is 0.315 e. The number of ketones is 1. The van der Waals surface area contributed by atoms with Crippen LogP contribution in [0.25, 0.3) is 10.9 Å². The zero-order chi connectivity index (χ0) is 24.5. The van der Waals surface area contributed by atoms with Crippen molar-refractivity contribution in [2.24, 2.45) is 0 Å². The van der Waals surface area contributed by atoms with E-state index in [9.17, 15) is 14.0 Å². The Morgan fingerprint density at radius 2 is 1.91 bits per heavy atom. The van der Waals surface area contributed by atoms with Gasteiger partial charge in [-0.3, -0.25) is 9.78 Å². The Morgan fingerprint density at radius 1 is 1.09 bits per heavy atom. The number of unbranched alkanes of at least 4 members (excludes halogenated alkanes) is 1. The van der Waals surface area contributed by atoms with E-state index in [1.54, 1.807) is 12.4 Å². The molecule has 0 aliphatic carbocycles. The minimum atomic E-state index is -0.318. The van der Waals surface area contributed by atoms with Crippen LogP contribution in [0.3, 0.4) is 0 Å². The van der Waals surface area contributed by atoms with Gasteiger partial charge in [-0.05, 0) is 56.5 Å². The van der Waals surface area contributed by atoms with Crippen molar-refractivity contribution in [2.45, 2.75) is 44.6 Å². The molecule has 7 nitrogen and oxygen atoms in total. The highest BCUT2D eigenvalue weighted by atomic mass is 19.1. The van der Waals surface area contributed by atoms with E-state index in [2.05, 4.69) is 25.5 Å². The fourth-order valence-electron chi connectivity index (χ4n) is 4.82. The second-order valence-corrected chi connectivity index (χ2v) is 9.12. The molecule has 0 saturated carbocycles. The summed E-state index contributed by atoms with van der Waals surface area (Å²) >= 11 is 0. The molecule has 3 N–H and O–H groups in total. The molecule has 8 heteroatoms. The number of piperidine rings is 1. The largest absolute Gasteiger partial charge is 0.358 e. The second kappa shape index (κ2) is 12.4. The van der Waals surface area contributed by atoms with Crippen LogP contribution in [-0.4, -0.2) is 59.5 Å². The van der Waals surface area contributed by atoms with Gasteiger partial charge in [-0.2, -0.15) is 0 Å². The smallest absolute Gasteiger partial charge is 0.315 e. The number of carbonyl (C=O) groups excluding carboxylic acids is 2. The summed E-state index contributed by atoms with van der Waals surface area (Å²) in [6.07, 6.45) is 7.13. The third-order valence-electron chi connectivity index (χ3n) is 6.70. The predicted molar refractivity (Wildman–Crippen MR) is 135 cm³/mol. The first-order valence-electron chi connectivity index (χ1n) is 12.5. The standard InChI is InChI=1S/C27H34FN5O2/c28-12-17-33-15-10-21(11-16-33)26-25(22-7-1-2-8-23(22)32-26)24(34)9-3-4-14-30-27(35)31-19-20-6-5-13-29-18-20/h1-2,5-8,13,18,21,32H,3-4,9-12,14-17,19H2,(H2,30,31,35). The minimum Gasteiger partial charge on any atom is -0.358 e. The minimum absolute atomic E-state index is 0.143. The van der Waals surface area contributed by atoms with Crippen LogP contribution in [-0.2, 0) is 6.54 Å². The van der Waals surface area contributed by atoms with Gasteiger partial charge in [-0.15, -0.1) is 0 Å². The van der Waals surface area contributed by atoms with Gasteiger partial charge in [-0.1, -0.05) is 24.3 Å². The van der Waals surface area contributed by atoms with Gasteiger partial charge in [0.15, 0.2) is 5.78 Å². The van der Waals surface area contributed by atoms with Gasteiger partial charge in [0.05, 0.1) is 0 Å². The molecule has 2 aromatic heterocycles. The summed E-state index contributed by atoms with van der Waals surface area (Å²) in [5, 5.41) is 6.64. The number of nitrogens with zero attached hydrogens (tertiary/aromatic N) is 2. The third kappa shape index (κ3) is 6.66. The number of pyridine rings is 1. The number of hydrogen-bond donors (Lipinski definition) is 3. The van der Waals surface area contributed by atoms with Gasteiger partial charge < -0.3 is 20.5 Å². The topological polar surface area (TPSA) is 90.1 Å². The summed E-state index contributed by atoms with van der Waals surface area (Å²) in [5.41, 5.74) is 3.77. The molecule has 0 spiro atoms. The monoisotopic (exact) mass is 479 g/mol. The molecule has 1 aromatic carbocycles. The summed E-state index contributed by atoms with van der Waals surface area (Å²) in [7, 11) is 0. The number of Topliss-reactive ketones (excluding diaryl/α,β-unsaturated/α-hetero) is 1. The highest BCUT2D eigenvalue weighted by Gasteiger charge is 2.27. The number of benzene rings is 1. The van der Waals surface area contributed by atoms with E-state index >= 15 is 0 Å². The van der Waals surface area contributed by atoms with E-state index in [1.165, 1.54) is 0 Å². The van der Waals surface area contributed by atoms with E-state index in [4.69, 9.17) is 0 Å². The van der Waals surface area contributed by atoms with Crippen molar-refractivity contribution in [1.29, 1.82) is 0 Å². The first-order valence-corrected chi connectivity index (χ1v) is 12.5. The molecule has 1 aliphatic heterocycles. The Labute approximate surface area is 205 Å². The van der Waals surface area contributed by atoms with Crippen molar-refractivity contribution in [2.75, 3.05) is 32.9 Å². The maximum atomic E-state index is 13.3. The SMILES string of the molecule is O=C(NCCCCC(=O)c1c(C2CCN(CCF)CC2)[nH]c2ccccc12)NCc1cccnc1. The Hall–Kier alpha value is -3.26. The molecule has 0 radical (unpaired) electrons. The van der Waals surface area contributed by atoms with Gasteiger partial charge >= 0.3 is 6.03 Å². The Kier molecular flexibility index (Phi) is 8.84. The number of fused-ring (bicyclic) bond motifs is 1. The van der Waals surface area contributed by atoms with Crippen LogP contribution < -0.4 is 10.6 Å². The van der Waals surface area contributed by atoms with Gasteiger partial charge in [0.2, 0.25) is 0 Å². The molecule has 2 amide bonds. The number of H-pyrrole nitrogens is 1. The third-order valence-corrected chi connectivity index (χ3v) is 6.70. The quantitative estimate of drug-likeness (QED) is 0.278. The van der Waals surface area contributed by atoms with Gasteiger partial charge in [0.1, 0.15) is 6.67 Å². The summed E-state index contributed by atoms with van der Waals surface area (Å²) < 4.78 is 12.7. The Morgan fingerprint density at radius 3 is 2.69 bits per heavy atom. The number of halogens is 1. The van der Waals surface area contributed by atoms with Crippen LogP contribution in [0.5, 0.6) is 0 Å². The van der Waals surface area contributed by atoms with Crippen LogP contribution in [0, 0.1) is 0 Å². The molecule has 3 aromatic rings. The molecule has 1 saturated heterocycles. The molecular formula is C27H34FN5O2. The average Bonchev–Trinajstić information content (AvgIpc) is 3.28. The number of alkyl halides is 1. The van der Waals surface area contributed by atoms with E-state index in [1.807, 2.05) is 36.4 Å². The molecule has 0 bridgehead atoms. The average molecular weight is 480 g/mol. The second-order valence-electron chi connectivity index (χ2n) is 9.12. The Balaban J connectivity index is 1.28. The van der Waals surface area contributed by atoms with Crippen LogP contribution in [0.4, 0.5) is 9.18 Å². The van der Waals surface area contributed by atoms with Crippen LogP contribution >= 0.6 is 0 Å². The first-order chi connectivity index (χ1) is 17.2. The number of aromatic amines is 1. The van der Waals surface area contributed by atoms with Crippen molar-refractivity contribution < 1.29 is 14.0 Å². The van der Waals surface area contributed by atoms with E-state index in [-0.39, 0.29) is 24.4 Å². The molecule has 35 heavy (non-hydrogen) atoms. The maximum absolute atomic E-state index is 13.3. The lowest BCUT2D eigenvalue weighted by Gasteiger charge is -2.31. The highest BCUT2D eigenvalue weighted by molar-refractivity contribution is 6.09. The fraction of sp³-hybridized carbons (Fsp3) is 0.444. The highest BCUT2D eigenvalue weighted by Crippen LogP contribution is 2.34. The molecule has 1 aliphatic rings. The molecule has 0 atom stereocenters. The Bertz CT molecular complexity index is 1110.